The van der Waals surface area contributed by atoms with Crippen LogP contribution in [0.3, 0.4) is 0 Å². The highest BCUT2D eigenvalue weighted by Crippen LogP contribution is 2.45. The predicted molar refractivity (Wildman–Crippen MR) is 418 cm³/mol. The van der Waals surface area contributed by atoms with Gasteiger partial charge in [0.2, 0.25) is 0 Å². The van der Waals surface area contributed by atoms with Crippen LogP contribution in [0.4, 0.5) is 0 Å². The Morgan fingerprint density at radius 1 is 0.284 bits per heavy atom. The van der Waals surface area contributed by atoms with Gasteiger partial charge in [-0.1, -0.05) is 265 Å². The van der Waals surface area contributed by atoms with E-state index in [9.17, 15) is 43.2 Å². The number of esters is 4. The maximum atomic E-state index is 13.1. The van der Waals surface area contributed by atoms with Crippen molar-refractivity contribution in [3.05, 3.63) is 109 Å². The highest BCUT2D eigenvalue weighted by atomic mass is 31.2. The fourth-order valence-corrected chi connectivity index (χ4v) is 12.1. The summed E-state index contributed by atoms with van der Waals surface area (Å²) in [7, 11) is -9.97. The molecule has 3 N–H and O–H groups in total. The van der Waals surface area contributed by atoms with Crippen LogP contribution in [0.25, 0.3) is 0 Å². The molecule has 0 spiro atoms. The predicted octanol–water partition coefficient (Wildman–Crippen LogP) is 23.3. The lowest BCUT2D eigenvalue weighted by molar-refractivity contribution is -0.161. The van der Waals surface area contributed by atoms with Gasteiger partial charge in [0.15, 0.2) is 12.2 Å². The monoisotopic (exact) mass is 1470 g/mol. The molecule has 0 aliphatic heterocycles. The average Bonchev–Trinajstić information content (AvgIpc) is 0.919. The van der Waals surface area contributed by atoms with Crippen molar-refractivity contribution in [2.45, 2.75) is 354 Å². The van der Waals surface area contributed by atoms with Crippen molar-refractivity contribution in [2.24, 2.45) is 0 Å². The highest BCUT2D eigenvalue weighted by molar-refractivity contribution is 7.47. The third-order valence-electron chi connectivity index (χ3n) is 16.7. The van der Waals surface area contributed by atoms with Gasteiger partial charge in [-0.2, -0.15) is 0 Å². The normalized spacial score (nSPS) is 14.5. The molecule has 588 valence electrons. The summed E-state index contributed by atoms with van der Waals surface area (Å²) in [6.45, 7) is 4.66. The topological polar surface area (TPSA) is 237 Å². The molecule has 0 fully saturated rings. The van der Waals surface area contributed by atoms with Crippen LogP contribution in [0.15, 0.2) is 109 Å². The first-order chi connectivity index (χ1) is 49.7. The van der Waals surface area contributed by atoms with Crippen LogP contribution < -0.4 is 0 Å². The van der Waals surface area contributed by atoms with Crippen LogP contribution in [0.1, 0.15) is 336 Å². The molecule has 0 rings (SSSR count). The Hall–Kier alpha value is -4.28. The second-order valence-corrected chi connectivity index (χ2v) is 29.5. The largest absolute Gasteiger partial charge is 0.472 e. The number of phosphoric ester groups is 2. The number of hydrogen-bond acceptors (Lipinski definition) is 15. The van der Waals surface area contributed by atoms with E-state index in [2.05, 4.69) is 137 Å². The molecule has 0 radical (unpaired) electrons. The molecule has 0 amide bonds. The van der Waals surface area contributed by atoms with E-state index < -0.39 is 97.5 Å². The van der Waals surface area contributed by atoms with Gasteiger partial charge in [0.1, 0.15) is 19.3 Å². The molecular formula is C83H144O17P2. The fourth-order valence-electron chi connectivity index (χ4n) is 10.6. The van der Waals surface area contributed by atoms with Crippen molar-refractivity contribution < 1.29 is 80.2 Å². The van der Waals surface area contributed by atoms with Crippen molar-refractivity contribution in [2.75, 3.05) is 39.6 Å². The molecule has 5 unspecified atom stereocenters. The van der Waals surface area contributed by atoms with E-state index in [0.29, 0.717) is 25.7 Å². The average molecular weight is 1480 g/mol. The lowest BCUT2D eigenvalue weighted by Crippen LogP contribution is -2.30. The standard InChI is InChI=1S/C83H144O17P2/c1-5-9-13-17-21-25-29-33-36-37-38-39-42-45-48-52-56-60-64-68-81(86)94-73-78(99-82(87)69-65-61-57-53-49-43-32-28-24-20-16-12-8-4)75-97-101(89,90)95-71-77(84)72-96-102(91,92)98-76-79(100-83(88)70-66-62-58-54-50-46-41-35-31-27-23-19-15-11-7-3)74-93-80(85)67-63-59-55-51-47-44-40-34-30-26-22-18-14-10-6-2/h10,14,21-23,25-28,32-36,38-41,77-79,84H,5-9,11-13,15-20,24,29-31,37,42-76H2,1-4H3,(H,89,90)(H,91,92)/b14-10-,25-21-,26-22-,27-23-,32-28-,36-33-,39-38-,40-34-,41-35-. The number of aliphatic hydroxyl groups is 1. The van der Waals surface area contributed by atoms with E-state index >= 15 is 0 Å². The first-order valence-corrected chi connectivity index (χ1v) is 43.1. The lowest BCUT2D eigenvalue weighted by atomic mass is 10.1. The molecule has 0 aromatic carbocycles. The zero-order chi connectivity index (χ0) is 74.6. The smallest absolute Gasteiger partial charge is 0.462 e. The summed E-state index contributed by atoms with van der Waals surface area (Å²) in [5, 5.41) is 10.6. The van der Waals surface area contributed by atoms with Crippen LogP contribution in [-0.4, -0.2) is 96.7 Å². The molecule has 0 bridgehead atoms. The van der Waals surface area contributed by atoms with Crippen LogP contribution in [-0.2, 0) is 65.4 Å². The van der Waals surface area contributed by atoms with Gasteiger partial charge in [-0.3, -0.25) is 37.3 Å². The first kappa shape index (κ1) is 97.7. The van der Waals surface area contributed by atoms with Gasteiger partial charge in [-0.15, -0.1) is 0 Å². The molecule has 102 heavy (non-hydrogen) atoms. The Labute approximate surface area is 619 Å². The number of rotatable bonds is 75. The van der Waals surface area contributed by atoms with Crippen molar-refractivity contribution >= 4 is 39.5 Å². The molecule has 0 heterocycles. The van der Waals surface area contributed by atoms with Crippen LogP contribution >= 0.6 is 15.6 Å². The Morgan fingerprint density at radius 2 is 0.510 bits per heavy atom. The Morgan fingerprint density at radius 3 is 0.814 bits per heavy atom. The van der Waals surface area contributed by atoms with Gasteiger partial charge < -0.3 is 33.8 Å². The van der Waals surface area contributed by atoms with Crippen LogP contribution in [0.2, 0.25) is 0 Å². The van der Waals surface area contributed by atoms with Gasteiger partial charge >= 0.3 is 39.5 Å². The summed E-state index contributed by atoms with van der Waals surface area (Å²) in [5.74, 6) is -2.22. The summed E-state index contributed by atoms with van der Waals surface area (Å²) in [5.41, 5.74) is 0. The summed E-state index contributed by atoms with van der Waals surface area (Å²) in [6, 6.07) is 0. The highest BCUT2D eigenvalue weighted by Gasteiger charge is 2.30. The molecular weight excluding hydrogens is 1330 g/mol. The third-order valence-corrected chi connectivity index (χ3v) is 18.6. The second kappa shape index (κ2) is 75.0. The maximum absolute atomic E-state index is 13.1. The Bertz CT molecular complexity index is 2360. The first-order valence-electron chi connectivity index (χ1n) is 40.1. The molecule has 0 aliphatic rings. The number of aliphatic hydroxyl groups excluding tert-OH is 1. The zero-order valence-electron chi connectivity index (χ0n) is 64.3. The number of carbonyl (C=O) groups excluding carboxylic acids is 4. The molecule has 0 saturated carbocycles. The minimum absolute atomic E-state index is 0.0740. The molecule has 17 nitrogen and oxygen atoms in total. The Balaban J connectivity index is 5.37. The number of carbonyl (C=O) groups is 4. The van der Waals surface area contributed by atoms with Crippen molar-refractivity contribution in [3.63, 3.8) is 0 Å². The van der Waals surface area contributed by atoms with E-state index in [4.69, 9.17) is 37.0 Å². The number of ether oxygens (including phenoxy) is 4. The van der Waals surface area contributed by atoms with E-state index in [0.717, 1.165) is 193 Å². The van der Waals surface area contributed by atoms with Crippen molar-refractivity contribution in [1.82, 2.24) is 0 Å². The van der Waals surface area contributed by atoms with E-state index in [1.165, 1.54) is 64.2 Å². The molecule has 0 saturated heterocycles. The van der Waals surface area contributed by atoms with Crippen molar-refractivity contribution in [1.29, 1.82) is 0 Å². The third kappa shape index (κ3) is 74.0. The van der Waals surface area contributed by atoms with Gasteiger partial charge in [-0.05, 0) is 154 Å². The summed E-state index contributed by atoms with van der Waals surface area (Å²) in [4.78, 5) is 73.0. The van der Waals surface area contributed by atoms with Gasteiger partial charge in [0.05, 0.1) is 26.4 Å². The van der Waals surface area contributed by atoms with E-state index in [1.54, 1.807) is 0 Å². The van der Waals surface area contributed by atoms with E-state index in [-0.39, 0.29) is 25.7 Å². The number of unbranched alkanes of at least 4 members (excludes halogenated alkanes) is 31. The molecule has 5 atom stereocenters. The number of hydrogen-bond donors (Lipinski definition) is 3. The SMILES string of the molecule is CC/C=C\C/C=C\C/C=C\CCCCCCCC(=O)OCC(COP(=O)(O)OCC(O)COP(=O)(O)OCC(COC(=O)CCCCCCCC/C=C\C/C=C\C/C=C\CCCCC)OC(=O)CCCCCCC/C=C\CCCCCC)OC(=O)CCCCCCC/C=C\C/C=C\CCCCC. The Kier molecular flexibility index (Phi) is 71.8. The summed E-state index contributed by atoms with van der Waals surface area (Å²) in [6.07, 6.45) is 80.6. The number of allylic oxidation sites excluding steroid dienone is 18. The maximum Gasteiger partial charge on any atom is 0.472 e. The van der Waals surface area contributed by atoms with E-state index in [1.807, 2.05) is 0 Å². The molecule has 0 aliphatic carbocycles. The van der Waals surface area contributed by atoms with Gasteiger partial charge in [0.25, 0.3) is 0 Å². The fraction of sp³-hybridized carbons (Fsp3) is 0.735. The summed E-state index contributed by atoms with van der Waals surface area (Å²) < 4.78 is 68.6. The lowest BCUT2D eigenvalue weighted by Gasteiger charge is -2.21. The van der Waals surface area contributed by atoms with Crippen molar-refractivity contribution in [3.8, 4) is 0 Å². The van der Waals surface area contributed by atoms with Crippen LogP contribution in [0.5, 0.6) is 0 Å². The minimum Gasteiger partial charge on any atom is -0.462 e. The summed E-state index contributed by atoms with van der Waals surface area (Å²) >= 11 is 0. The van der Waals surface area contributed by atoms with Gasteiger partial charge in [-0.25, -0.2) is 9.13 Å². The number of phosphoric acid groups is 2. The quantitative estimate of drug-likeness (QED) is 0.0169. The zero-order valence-corrected chi connectivity index (χ0v) is 66.0. The second-order valence-electron chi connectivity index (χ2n) is 26.6. The molecule has 0 aromatic rings. The van der Waals surface area contributed by atoms with Crippen LogP contribution in [0, 0.1) is 0 Å². The molecule has 0 aromatic heterocycles. The van der Waals surface area contributed by atoms with Gasteiger partial charge in [0, 0.05) is 25.7 Å². The minimum atomic E-state index is -4.98. The molecule has 19 heteroatoms.